The summed E-state index contributed by atoms with van der Waals surface area (Å²) in [5.41, 5.74) is 3.73. The second kappa shape index (κ2) is 9.26. The van der Waals surface area contributed by atoms with Gasteiger partial charge in [0, 0.05) is 38.2 Å². The van der Waals surface area contributed by atoms with Crippen LogP contribution in [0.5, 0.6) is 0 Å². The monoisotopic (exact) mass is 407 g/mol. The van der Waals surface area contributed by atoms with Crippen molar-refractivity contribution in [2.75, 3.05) is 26.8 Å². The van der Waals surface area contributed by atoms with Gasteiger partial charge in [0.1, 0.15) is 0 Å². The van der Waals surface area contributed by atoms with Crippen LogP contribution in [0.25, 0.3) is 17.0 Å². The number of hydrogen-bond donors (Lipinski definition) is 0. The van der Waals surface area contributed by atoms with Crippen LogP contribution in [0.3, 0.4) is 0 Å². The summed E-state index contributed by atoms with van der Waals surface area (Å²) in [7, 11) is 1.70. The van der Waals surface area contributed by atoms with Crippen LogP contribution in [0.2, 0.25) is 0 Å². The second-order valence-corrected chi connectivity index (χ2v) is 7.42. The highest BCUT2D eigenvalue weighted by molar-refractivity contribution is 7.71. The predicted octanol–water partition coefficient (Wildman–Crippen LogP) is 3.87. The lowest BCUT2D eigenvalue weighted by molar-refractivity contribution is 0.186. The van der Waals surface area contributed by atoms with Gasteiger partial charge in [-0.2, -0.15) is 5.10 Å². The third-order valence-corrected chi connectivity index (χ3v) is 5.58. The van der Waals surface area contributed by atoms with Gasteiger partial charge in [-0.05, 0) is 41.9 Å². The van der Waals surface area contributed by atoms with Gasteiger partial charge in [-0.25, -0.2) is 4.68 Å². The van der Waals surface area contributed by atoms with Gasteiger partial charge in [0.2, 0.25) is 0 Å². The van der Waals surface area contributed by atoms with Crippen LogP contribution in [-0.4, -0.2) is 51.0 Å². The highest BCUT2D eigenvalue weighted by Crippen LogP contribution is 2.23. The number of hydrogen-bond acceptors (Lipinski definition) is 5. The second-order valence-electron chi connectivity index (χ2n) is 7.05. The molecule has 29 heavy (non-hydrogen) atoms. The Morgan fingerprint density at radius 1 is 1.07 bits per heavy atom. The van der Waals surface area contributed by atoms with Crippen molar-refractivity contribution in [3.63, 3.8) is 0 Å². The van der Waals surface area contributed by atoms with E-state index in [2.05, 4.69) is 46.3 Å². The lowest BCUT2D eigenvalue weighted by Gasteiger charge is -2.26. The molecule has 0 N–H and O–H groups in total. The zero-order valence-electron chi connectivity index (χ0n) is 16.6. The van der Waals surface area contributed by atoms with Crippen molar-refractivity contribution in [1.29, 1.82) is 0 Å². The van der Waals surface area contributed by atoms with E-state index in [-0.39, 0.29) is 0 Å². The van der Waals surface area contributed by atoms with Crippen molar-refractivity contribution in [3.8, 4) is 11.4 Å². The third kappa shape index (κ3) is 4.53. The Morgan fingerprint density at radius 3 is 2.55 bits per heavy atom. The van der Waals surface area contributed by atoms with Gasteiger partial charge in [-0.3, -0.25) is 14.5 Å². The van der Waals surface area contributed by atoms with Gasteiger partial charge >= 0.3 is 0 Å². The van der Waals surface area contributed by atoms with E-state index >= 15 is 0 Å². The molecule has 3 heterocycles. The number of benzene rings is 1. The minimum absolute atomic E-state index is 0.588. The number of rotatable bonds is 7. The molecule has 0 saturated heterocycles. The predicted molar refractivity (Wildman–Crippen MR) is 117 cm³/mol. The van der Waals surface area contributed by atoms with E-state index in [0.29, 0.717) is 24.6 Å². The Bertz CT molecular complexity index is 1030. The maximum atomic E-state index is 5.74. The van der Waals surface area contributed by atoms with Crippen molar-refractivity contribution in [1.82, 2.24) is 24.2 Å². The average Bonchev–Trinajstić information content (AvgIpc) is 3.09. The van der Waals surface area contributed by atoms with E-state index in [1.54, 1.807) is 19.5 Å². The van der Waals surface area contributed by atoms with Gasteiger partial charge in [-0.15, -0.1) is 0 Å². The van der Waals surface area contributed by atoms with Crippen LogP contribution >= 0.6 is 12.2 Å². The fourth-order valence-electron chi connectivity index (χ4n) is 3.58. The number of nitrogens with zero attached hydrogens (tertiary/aromatic N) is 5. The van der Waals surface area contributed by atoms with Crippen molar-refractivity contribution >= 4 is 17.8 Å². The normalized spacial score (nSPS) is 14.7. The largest absolute Gasteiger partial charge is 0.383 e. The van der Waals surface area contributed by atoms with Crippen LogP contribution in [-0.2, 0) is 18.0 Å². The Balaban J connectivity index is 1.54. The molecule has 6 nitrogen and oxygen atoms in total. The smallest absolute Gasteiger partial charge is 0.199 e. The van der Waals surface area contributed by atoms with E-state index in [4.69, 9.17) is 22.1 Å². The maximum absolute atomic E-state index is 5.74. The average molecular weight is 408 g/mol. The number of methoxy groups -OCH3 is 1. The molecule has 7 heteroatoms. The Morgan fingerprint density at radius 2 is 1.86 bits per heavy atom. The SMILES string of the molecule is COCCn1c(-c2ccncc2)nn(CN2CC=C(c3ccccc3)CC2)c1=S. The number of ether oxygens (including phenoxy) is 1. The zero-order chi connectivity index (χ0) is 20.1. The number of aromatic nitrogens is 4. The topological polar surface area (TPSA) is 48.1 Å². The van der Waals surface area contributed by atoms with Crippen LogP contribution in [0.15, 0.2) is 60.9 Å². The molecule has 0 amide bonds. The zero-order valence-corrected chi connectivity index (χ0v) is 17.4. The molecule has 150 valence electrons. The lowest BCUT2D eigenvalue weighted by atomic mass is 10.00. The quantitative estimate of drug-likeness (QED) is 0.557. The Labute approximate surface area is 176 Å². The van der Waals surface area contributed by atoms with E-state index < -0.39 is 0 Å². The van der Waals surface area contributed by atoms with Crippen LogP contribution in [0.1, 0.15) is 12.0 Å². The van der Waals surface area contributed by atoms with E-state index in [1.165, 1.54) is 11.1 Å². The van der Waals surface area contributed by atoms with Crippen LogP contribution < -0.4 is 0 Å². The standard InChI is InChI=1S/C22H25N5OS/c1-28-16-15-26-21(20-7-11-23-12-8-20)24-27(22(26)29)17-25-13-9-19(10-14-25)18-5-3-2-4-6-18/h2-9,11-12H,10,13-17H2,1H3. The molecule has 0 unspecified atom stereocenters. The first-order valence-corrected chi connectivity index (χ1v) is 10.2. The molecule has 0 atom stereocenters. The van der Waals surface area contributed by atoms with Crippen molar-refractivity contribution in [2.24, 2.45) is 0 Å². The molecule has 1 aliphatic heterocycles. The van der Waals surface area contributed by atoms with Crippen LogP contribution in [0.4, 0.5) is 0 Å². The van der Waals surface area contributed by atoms with Gasteiger partial charge in [0.25, 0.3) is 0 Å². The van der Waals surface area contributed by atoms with E-state index in [0.717, 1.165) is 30.9 Å². The van der Waals surface area contributed by atoms with E-state index in [9.17, 15) is 0 Å². The van der Waals surface area contributed by atoms with Gasteiger partial charge in [-0.1, -0.05) is 36.4 Å². The third-order valence-electron chi connectivity index (χ3n) is 5.15. The molecular weight excluding hydrogens is 382 g/mol. The van der Waals surface area contributed by atoms with Gasteiger partial charge in [0.15, 0.2) is 10.6 Å². The van der Waals surface area contributed by atoms with E-state index in [1.807, 2.05) is 21.4 Å². The lowest BCUT2D eigenvalue weighted by Crippen LogP contribution is -2.31. The Kier molecular flexibility index (Phi) is 6.29. The molecule has 0 bridgehead atoms. The molecule has 1 aromatic carbocycles. The fraction of sp³-hybridized carbons (Fsp3) is 0.318. The summed E-state index contributed by atoms with van der Waals surface area (Å²) in [6, 6.07) is 14.5. The highest BCUT2D eigenvalue weighted by Gasteiger charge is 2.17. The summed E-state index contributed by atoms with van der Waals surface area (Å²) >= 11 is 5.74. The summed E-state index contributed by atoms with van der Waals surface area (Å²) in [4.78, 5) is 6.48. The molecule has 2 aromatic heterocycles. The van der Waals surface area contributed by atoms with Crippen molar-refractivity contribution in [2.45, 2.75) is 19.6 Å². The molecule has 1 aliphatic rings. The molecule has 4 rings (SSSR count). The molecule has 0 radical (unpaired) electrons. The first kappa shape index (κ1) is 19.7. The molecule has 0 fully saturated rings. The summed E-state index contributed by atoms with van der Waals surface area (Å²) < 4.78 is 9.95. The Hall–Kier alpha value is -2.61. The first-order valence-electron chi connectivity index (χ1n) is 9.80. The fourth-order valence-corrected chi connectivity index (χ4v) is 3.85. The minimum Gasteiger partial charge on any atom is -0.383 e. The first-order chi connectivity index (χ1) is 14.3. The molecule has 0 saturated carbocycles. The molecule has 0 spiro atoms. The van der Waals surface area contributed by atoms with Gasteiger partial charge in [0.05, 0.1) is 19.8 Å². The van der Waals surface area contributed by atoms with Gasteiger partial charge < -0.3 is 4.74 Å². The van der Waals surface area contributed by atoms with Crippen LogP contribution in [0, 0.1) is 4.77 Å². The summed E-state index contributed by atoms with van der Waals surface area (Å²) in [6.07, 6.45) is 6.89. The van der Waals surface area contributed by atoms with Crippen molar-refractivity contribution in [3.05, 3.63) is 71.3 Å². The molecule has 0 aliphatic carbocycles. The molecular formula is C22H25N5OS. The number of pyridine rings is 1. The maximum Gasteiger partial charge on any atom is 0.199 e. The summed E-state index contributed by atoms with van der Waals surface area (Å²) in [6.45, 7) is 3.81. The minimum atomic E-state index is 0.588. The summed E-state index contributed by atoms with van der Waals surface area (Å²) in [5.74, 6) is 0.854. The molecule has 3 aromatic rings. The van der Waals surface area contributed by atoms with Crippen molar-refractivity contribution < 1.29 is 4.74 Å². The highest BCUT2D eigenvalue weighted by atomic mass is 32.1. The summed E-state index contributed by atoms with van der Waals surface area (Å²) in [5, 5.41) is 4.83.